The molecule has 1 saturated heterocycles. The molecule has 0 aliphatic carbocycles. The van der Waals surface area contributed by atoms with Crippen LogP contribution in [0.5, 0.6) is 0 Å². The summed E-state index contributed by atoms with van der Waals surface area (Å²) in [6.45, 7) is 6.38. The van der Waals surface area contributed by atoms with Crippen LogP contribution in [0.25, 0.3) is 0 Å². The molecule has 0 saturated carbocycles. The van der Waals surface area contributed by atoms with E-state index < -0.39 is 0 Å². The van der Waals surface area contributed by atoms with E-state index in [1.807, 2.05) is 0 Å². The quantitative estimate of drug-likeness (QED) is 0.634. The van der Waals surface area contributed by atoms with Gasteiger partial charge in [-0.1, -0.05) is 6.92 Å². The molecular weight excluding hydrogens is 194 g/mol. The molecule has 15 heavy (non-hydrogen) atoms. The number of rotatable bonds is 7. The van der Waals surface area contributed by atoms with Crippen molar-refractivity contribution in [2.75, 3.05) is 46.1 Å². The van der Waals surface area contributed by atoms with Gasteiger partial charge in [0.05, 0.1) is 19.8 Å². The molecule has 1 unspecified atom stereocenters. The van der Waals surface area contributed by atoms with Crippen molar-refractivity contribution in [1.29, 1.82) is 0 Å². The Morgan fingerprint density at radius 2 is 2.13 bits per heavy atom. The molecule has 0 radical (unpaired) electrons. The summed E-state index contributed by atoms with van der Waals surface area (Å²) in [7, 11) is 0. The van der Waals surface area contributed by atoms with E-state index in [1.54, 1.807) is 0 Å². The number of hydrogen-bond acceptors (Lipinski definition) is 4. The Labute approximate surface area is 91.8 Å². The Morgan fingerprint density at radius 1 is 1.33 bits per heavy atom. The summed E-state index contributed by atoms with van der Waals surface area (Å²) in [5, 5.41) is 18.4. The van der Waals surface area contributed by atoms with Gasteiger partial charge in [0.2, 0.25) is 0 Å². The van der Waals surface area contributed by atoms with Crippen molar-refractivity contribution in [3.63, 3.8) is 0 Å². The van der Waals surface area contributed by atoms with Crippen LogP contribution >= 0.6 is 0 Å². The summed E-state index contributed by atoms with van der Waals surface area (Å²) >= 11 is 0. The second-order valence-electron chi connectivity index (χ2n) is 4.46. The lowest BCUT2D eigenvalue weighted by atomic mass is 9.87. The van der Waals surface area contributed by atoms with Crippen molar-refractivity contribution in [3.05, 3.63) is 0 Å². The standard InChI is InChI=1S/C11H23NO3/c1-2-4-12(5-6-13)8-11(9-14)3-7-15-10-11/h13-14H,2-10H2,1H3. The minimum atomic E-state index is -0.0929. The smallest absolute Gasteiger partial charge is 0.0558 e. The first kappa shape index (κ1) is 12.9. The van der Waals surface area contributed by atoms with E-state index in [4.69, 9.17) is 9.84 Å². The zero-order valence-electron chi connectivity index (χ0n) is 9.61. The van der Waals surface area contributed by atoms with Gasteiger partial charge < -0.3 is 19.8 Å². The molecule has 1 atom stereocenters. The monoisotopic (exact) mass is 217 g/mol. The van der Waals surface area contributed by atoms with E-state index in [-0.39, 0.29) is 18.6 Å². The molecule has 0 aromatic carbocycles. The van der Waals surface area contributed by atoms with Crippen LogP contribution in [0.1, 0.15) is 19.8 Å². The Morgan fingerprint density at radius 3 is 2.60 bits per heavy atom. The number of nitrogens with zero attached hydrogens (tertiary/aromatic N) is 1. The fourth-order valence-electron chi connectivity index (χ4n) is 2.15. The minimum Gasteiger partial charge on any atom is -0.396 e. The average Bonchev–Trinajstić information content (AvgIpc) is 2.68. The predicted octanol–water partition coefficient (Wildman–Crippen LogP) is 0.0897. The van der Waals surface area contributed by atoms with Crippen molar-refractivity contribution in [2.45, 2.75) is 19.8 Å². The van der Waals surface area contributed by atoms with Gasteiger partial charge in [0.25, 0.3) is 0 Å². The zero-order chi connectivity index (χ0) is 11.1. The normalized spacial score (nSPS) is 26.4. The molecule has 1 rings (SSSR count). The summed E-state index contributed by atoms with van der Waals surface area (Å²) < 4.78 is 5.36. The summed E-state index contributed by atoms with van der Waals surface area (Å²) in [5.74, 6) is 0. The van der Waals surface area contributed by atoms with E-state index in [1.165, 1.54) is 0 Å². The molecule has 0 aromatic heterocycles. The lowest BCUT2D eigenvalue weighted by molar-refractivity contribution is 0.0508. The van der Waals surface area contributed by atoms with Crippen LogP contribution in [-0.4, -0.2) is 61.2 Å². The van der Waals surface area contributed by atoms with Gasteiger partial charge >= 0.3 is 0 Å². The fourth-order valence-corrected chi connectivity index (χ4v) is 2.15. The SMILES string of the molecule is CCCN(CCO)CC1(CO)CCOC1. The van der Waals surface area contributed by atoms with Gasteiger partial charge in [-0.05, 0) is 19.4 Å². The van der Waals surface area contributed by atoms with Crippen molar-refractivity contribution in [3.8, 4) is 0 Å². The van der Waals surface area contributed by atoms with Crippen molar-refractivity contribution in [2.24, 2.45) is 5.41 Å². The van der Waals surface area contributed by atoms with Crippen LogP contribution in [0.2, 0.25) is 0 Å². The van der Waals surface area contributed by atoms with E-state index in [0.717, 1.165) is 32.5 Å². The first-order chi connectivity index (χ1) is 7.26. The molecular formula is C11H23NO3. The van der Waals surface area contributed by atoms with Crippen LogP contribution in [0.4, 0.5) is 0 Å². The second kappa shape index (κ2) is 6.43. The van der Waals surface area contributed by atoms with E-state index >= 15 is 0 Å². The number of aliphatic hydroxyl groups is 2. The van der Waals surface area contributed by atoms with Crippen molar-refractivity contribution >= 4 is 0 Å². The van der Waals surface area contributed by atoms with Crippen LogP contribution < -0.4 is 0 Å². The fraction of sp³-hybridized carbons (Fsp3) is 1.00. The molecule has 4 nitrogen and oxygen atoms in total. The summed E-state index contributed by atoms with van der Waals surface area (Å²) in [4.78, 5) is 2.21. The Bertz CT molecular complexity index is 163. The van der Waals surface area contributed by atoms with Crippen LogP contribution in [0.3, 0.4) is 0 Å². The van der Waals surface area contributed by atoms with E-state index in [9.17, 15) is 5.11 Å². The van der Waals surface area contributed by atoms with Crippen LogP contribution in [0, 0.1) is 5.41 Å². The molecule has 2 N–H and O–H groups in total. The summed E-state index contributed by atoms with van der Waals surface area (Å²) in [5.41, 5.74) is -0.0929. The molecule has 1 aliphatic rings. The lowest BCUT2D eigenvalue weighted by Crippen LogP contribution is -2.42. The Hall–Kier alpha value is -0.160. The molecule has 0 amide bonds. The summed E-state index contributed by atoms with van der Waals surface area (Å²) in [6, 6.07) is 0. The Balaban J connectivity index is 2.46. The first-order valence-corrected chi connectivity index (χ1v) is 5.78. The van der Waals surface area contributed by atoms with Crippen molar-refractivity contribution < 1.29 is 14.9 Å². The largest absolute Gasteiger partial charge is 0.396 e. The summed E-state index contributed by atoms with van der Waals surface area (Å²) in [6.07, 6.45) is 2.00. The van der Waals surface area contributed by atoms with E-state index in [2.05, 4.69) is 11.8 Å². The molecule has 0 spiro atoms. The number of hydrogen-bond donors (Lipinski definition) is 2. The van der Waals surface area contributed by atoms with Gasteiger partial charge in [-0.15, -0.1) is 0 Å². The van der Waals surface area contributed by atoms with Gasteiger partial charge in [-0.2, -0.15) is 0 Å². The maximum absolute atomic E-state index is 9.43. The minimum absolute atomic E-state index is 0.0929. The number of ether oxygens (including phenoxy) is 1. The molecule has 1 aliphatic heterocycles. The van der Waals surface area contributed by atoms with Gasteiger partial charge in [-0.3, -0.25) is 0 Å². The second-order valence-corrected chi connectivity index (χ2v) is 4.46. The maximum atomic E-state index is 9.43. The molecule has 4 heteroatoms. The third-order valence-electron chi connectivity index (χ3n) is 3.04. The van der Waals surface area contributed by atoms with Gasteiger partial charge in [0, 0.05) is 25.1 Å². The molecule has 0 bridgehead atoms. The van der Waals surface area contributed by atoms with Crippen LogP contribution in [0.15, 0.2) is 0 Å². The average molecular weight is 217 g/mol. The van der Waals surface area contributed by atoms with Gasteiger partial charge in [0.1, 0.15) is 0 Å². The highest BCUT2D eigenvalue weighted by Gasteiger charge is 2.35. The highest BCUT2D eigenvalue weighted by molar-refractivity contribution is 4.85. The molecule has 90 valence electrons. The highest BCUT2D eigenvalue weighted by Crippen LogP contribution is 2.29. The first-order valence-electron chi connectivity index (χ1n) is 5.78. The van der Waals surface area contributed by atoms with Crippen LogP contribution in [-0.2, 0) is 4.74 Å². The predicted molar refractivity (Wildman–Crippen MR) is 58.8 cm³/mol. The topological polar surface area (TPSA) is 52.9 Å². The molecule has 1 heterocycles. The third-order valence-corrected chi connectivity index (χ3v) is 3.04. The zero-order valence-corrected chi connectivity index (χ0v) is 9.61. The van der Waals surface area contributed by atoms with Gasteiger partial charge in [-0.25, -0.2) is 0 Å². The molecule has 1 fully saturated rings. The van der Waals surface area contributed by atoms with E-state index in [0.29, 0.717) is 13.2 Å². The Kier molecular flexibility index (Phi) is 5.53. The third kappa shape index (κ3) is 3.72. The van der Waals surface area contributed by atoms with Gasteiger partial charge in [0.15, 0.2) is 0 Å². The lowest BCUT2D eigenvalue weighted by Gasteiger charge is -2.32. The van der Waals surface area contributed by atoms with Crippen molar-refractivity contribution in [1.82, 2.24) is 4.90 Å². The molecule has 0 aromatic rings. The highest BCUT2D eigenvalue weighted by atomic mass is 16.5. The number of aliphatic hydroxyl groups excluding tert-OH is 2. The maximum Gasteiger partial charge on any atom is 0.0558 e.